The van der Waals surface area contributed by atoms with E-state index in [-0.39, 0.29) is 24.8 Å². The van der Waals surface area contributed by atoms with Crippen LogP contribution in [0.3, 0.4) is 0 Å². The third-order valence-electron chi connectivity index (χ3n) is 8.36. The summed E-state index contributed by atoms with van der Waals surface area (Å²) < 4.78 is 1.26. The monoisotopic (exact) mass is 764 g/mol. The first kappa shape index (κ1) is 40.4. The molecule has 0 N–H and O–H groups in total. The van der Waals surface area contributed by atoms with Gasteiger partial charge in [-0.1, -0.05) is 77.0 Å². The van der Waals surface area contributed by atoms with Crippen LogP contribution < -0.4 is 24.8 Å². The second kappa shape index (κ2) is 17.6. The Morgan fingerprint density at radius 1 is 0.804 bits per heavy atom. The second-order valence-electron chi connectivity index (χ2n) is 12.8. The van der Waals surface area contributed by atoms with Gasteiger partial charge < -0.3 is 24.8 Å². The van der Waals surface area contributed by atoms with Crippen molar-refractivity contribution in [2.75, 3.05) is 0 Å². The van der Waals surface area contributed by atoms with Crippen molar-refractivity contribution in [1.82, 2.24) is 0 Å². The number of halogens is 4. The Labute approximate surface area is 314 Å². The molecular weight excluding hydrogens is 725 g/mol. The normalized spacial score (nSPS) is 13.9. The van der Waals surface area contributed by atoms with Crippen LogP contribution in [0.5, 0.6) is 0 Å². The van der Waals surface area contributed by atoms with Crippen molar-refractivity contribution < 1.29 is 49.0 Å². The van der Waals surface area contributed by atoms with Gasteiger partial charge in [-0.2, -0.15) is 34.9 Å². The Balaban J connectivity index is 0.000000241. The zero-order valence-corrected chi connectivity index (χ0v) is 33.5. The molecule has 46 heavy (non-hydrogen) atoms. The molecule has 0 saturated heterocycles. The van der Waals surface area contributed by atoms with Crippen molar-refractivity contribution in [3.05, 3.63) is 151 Å². The Hall–Kier alpha value is -1.73. The fourth-order valence-electron chi connectivity index (χ4n) is 5.31. The van der Waals surface area contributed by atoms with E-state index in [4.69, 9.17) is 23.2 Å². The van der Waals surface area contributed by atoms with Crippen molar-refractivity contribution in [2.45, 2.75) is 68.2 Å². The van der Waals surface area contributed by atoms with E-state index in [9.17, 15) is 0 Å². The maximum absolute atomic E-state index is 5.98. The van der Waals surface area contributed by atoms with Gasteiger partial charge in [-0.3, -0.25) is 6.08 Å². The van der Waals surface area contributed by atoms with Crippen LogP contribution in [-0.2, 0) is 30.7 Å². The molecular formula is C41H42Cl4Zr-2. The number of aryl methyl sites for hydroxylation is 4. The summed E-state index contributed by atoms with van der Waals surface area (Å²) in [5.41, 5.74) is 15.1. The number of hydrogen-bond acceptors (Lipinski definition) is 0. The molecule has 0 spiro atoms. The smallest absolute Gasteiger partial charge is 1.00 e. The molecule has 1 atom stereocenters. The van der Waals surface area contributed by atoms with Gasteiger partial charge >= 0.3 is 120 Å². The van der Waals surface area contributed by atoms with Gasteiger partial charge in [0.1, 0.15) is 0 Å². The summed E-state index contributed by atoms with van der Waals surface area (Å²) in [6.45, 7) is 17.6. The van der Waals surface area contributed by atoms with Gasteiger partial charge in [0.05, 0.1) is 0 Å². The predicted octanol–water partition coefficient (Wildman–Crippen LogP) is 5.77. The van der Waals surface area contributed by atoms with Crippen LogP contribution in [0.2, 0.25) is 10.0 Å². The zero-order chi connectivity index (χ0) is 32.2. The van der Waals surface area contributed by atoms with E-state index in [0.717, 1.165) is 27.6 Å². The summed E-state index contributed by atoms with van der Waals surface area (Å²) in [5, 5.41) is 1.53. The van der Waals surface area contributed by atoms with Crippen LogP contribution in [-0.4, -0.2) is 3.21 Å². The molecule has 0 fully saturated rings. The zero-order valence-electron chi connectivity index (χ0n) is 28.0. The average Bonchev–Trinajstić information content (AvgIpc) is 3.59. The summed E-state index contributed by atoms with van der Waals surface area (Å²) >= 11 is 13.3. The number of hydrogen-bond donors (Lipinski definition) is 0. The summed E-state index contributed by atoms with van der Waals surface area (Å²) in [4.78, 5) is 0. The Kier molecular flexibility index (Phi) is 15.5. The molecule has 5 heteroatoms. The first-order chi connectivity index (χ1) is 20.8. The molecule has 2 aliphatic rings. The van der Waals surface area contributed by atoms with Gasteiger partial charge in [0.2, 0.25) is 0 Å². The fourth-order valence-corrected chi connectivity index (χ4v) is 6.46. The second-order valence-corrected chi connectivity index (χ2v) is 14.9. The van der Waals surface area contributed by atoms with E-state index in [2.05, 4.69) is 110 Å². The van der Waals surface area contributed by atoms with E-state index in [1.165, 1.54) is 83.9 Å². The largest absolute Gasteiger partial charge is 1.00 e. The molecule has 6 rings (SSSR count). The van der Waals surface area contributed by atoms with Crippen molar-refractivity contribution in [2.24, 2.45) is 11.3 Å². The molecule has 0 heterocycles. The van der Waals surface area contributed by atoms with Gasteiger partial charge in [-0.25, -0.2) is 6.08 Å². The minimum atomic E-state index is 0. The minimum absolute atomic E-state index is 0. The molecule has 240 valence electrons. The van der Waals surface area contributed by atoms with Gasteiger partial charge in [0, 0.05) is 0 Å². The first-order valence-electron chi connectivity index (χ1n) is 15.3. The number of rotatable bonds is 3. The van der Waals surface area contributed by atoms with Gasteiger partial charge in [0.15, 0.2) is 0 Å². The molecule has 4 aromatic carbocycles. The molecule has 0 aromatic heterocycles. The van der Waals surface area contributed by atoms with Crippen LogP contribution in [0, 0.1) is 51.2 Å². The Bertz CT molecular complexity index is 1640. The molecule has 2 aliphatic carbocycles. The Morgan fingerprint density at radius 3 is 1.83 bits per heavy atom. The van der Waals surface area contributed by atoms with Crippen LogP contribution in [0.25, 0.3) is 11.1 Å². The number of allylic oxidation sites excluding steroid dienone is 4. The van der Waals surface area contributed by atoms with Crippen molar-refractivity contribution >= 4 is 26.4 Å². The topological polar surface area (TPSA) is 0 Å². The Morgan fingerprint density at radius 2 is 1.35 bits per heavy atom. The van der Waals surface area contributed by atoms with Crippen LogP contribution in [0.15, 0.2) is 84.5 Å². The standard InChI is InChI=1S/C17H17.C13H8Cl2.C11H17.2ClH.Zr/c1-10-5-14-9-15-6-11(2)13(4)8-17(15)16(14)7-12(10)3;14-12-5-1-3-10(8-12)7-11-4-2-6-13(15)9-11;1-5-9-6-7-10(8-9)11(2,3)4;;;/h5,7-8H,9H2,1-4H3;1-6,8-9H;7-9H,5H2,1-4H3;2*1H;/q-1;;-1;;;+2/p-2. The minimum Gasteiger partial charge on any atom is -1.00 e. The molecule has 1 unspecified atom stereocenters. The molecule has 0 amide bonds. The van der Waals surface area contributed by atoms with Crippen molar-refractivity contribution in [1.29, 1.82) is 0 Å². The summed E-state index contributed by atoms with van der Waals surface area (Å²) in [7, 11) is 0. The number of benzene rings is 4. The van der Waals surface area contributed by atoms with E-state index >= 15 is 0 Å². The van der Waals surface area contributed by atoms with Gasteiger partial charge in [0.25, 0.3) is 0 Å². The van der Waals surface area contributed by atoms with E-state index in [0.29, 0.717) is 11.3 Å². The van der Waals surface area contributed by atoms with Gasteiger partial charge in [-0.05, 0) is 37.0 Å². The third kappa shape index (κ3) is 10.4. The number of fused-ring (bicyclic) bond motifs is 3. The molecule has 0 nitrogen and oxygen atoms in total. The molecule has 4 aromatic rings. The summed E-state index contributed by atoms with van der Waals surface area (Å²) in [5.74, 6) is 0.573. The van der Waals surface area contributed by atoms with E-state index in [1.54, 1.807) is 0 Å². The predicted molar refractivity (Wildman–Crippen MR) is 188 cm³/mol. The van der Waals surface area contributed by atoms with Crippen LogP contribution in [0.1, 0.15) is 78.6 Å². The van der Waals surface area contributed by atoms with Gasteiger partial charge in [-0.15, -0.1) is 11.1 Å². The van der Waals surface area contributed by atoms with Crippen molar-refractivity contribution in [3.8, 4) is 11.1 Å². The molecule has 0 aliphatic heterocycles. The molecule has 0 radical (unpaired) electrons. The first-order valence-corrected chi connectivity index (χ1v) is 17.3. The van der Waals surface area contributed by atoms with Crippen molar-refractivity contribution in [3.63, 3.8) is 0 Å². The maximum Gasteiger partial charge on any atom is -1.00 e. The summed E-state index contributed by atoms with van der Waals surface area (Å²) in [6.07, 6.45) is 10.1. The van der Waals surface area contributed by atoms with E-state index < -0.39 is 0 Å². The quantitative estimate of drug-likeness (QED) is 0.205. The SMILES string of the molecule is CCC1[C-]=CC(C(C)(C)C)=C1.Cc1[c-]c2c(cc1C)-c1cc(C)c(C)cc1C2.Clc1cccc([C](=[Zr+2])c2cccc(Cl)c2)c1.[Cl-].[Cl-]. The maximum atomic E-state index is 5.98. The van der Waals surface area contributed by atoms with Crippen LogP contribution >= 0.6 is 23.2 Å². The van der Waals surface area contributed by atoms with Crippen LogP contribution in [0.4, 0.5) is 0 Å². The average molecular weight is 768 g/mol. The van der Waals surface area contributed by atoms with E-state index in [1.807, 2.05) is 36.4 Å². The fraction of sp³-hybridized carbons (Fsp3) is 0.293. The molecule has 0 bridgehead atoms. The third-order valence-corrected chi connectivity index (χ3v) is 10.2. The molecule has 0 saturated carbocycles. The summed E-state index contributed by atoms with van der Waals surface area (Å²) in [6, 6.07) is 26.3.